The van der Waals surface area contributed by atoms with Crippen LogP contribution in [0.25, 0.3) is 0 Å². The second kappa shape index (κ2) is 11.5. The molecular formula is C25H28N4O4S2. The molecule has 2 aromatic heterocycles. The highest BCUT2D eigenvalue weighted by Crippen LogP contribution is 2.31. The van der Waals surface area contributed by atoms with Crippen LogP contribution in [0.1, 0.15) is 64.0 Å². The third kappa shape index (κ3) is 6.67. The van der Waals surface area contributed by atoms with E-state index < -0.39 is 5.91 Å². The number of aromatic nitrogens is 1. The highest BCUT2D eigenvalue weighted by molar-refractivity contribution is 7.10. The van der Waals surface area contributed by atoms with Crippen LogP contribution in [0.2, 0.25) is 0 Å². The smallest absolute Gasteiger partial charge is 0.289 e. The van der Waals surface area contributed by atoms with E-state index in [2.05, 4.69) is 15.8 Å². The van der Waals surface area contributed by atoms with Crippen molar-refractivity contribution in [2.24, 2.45) is 0 Å². The van der Waals surface area contributed by atoms with Crippen molar-refractivity contribution in [1.29, 1.82) is 0 Å². The number of hydrogen-bond acceptors (Lipinski definition) is 7. The number of carbonyl (C=O) groups is 3. The summed E-state index contributed by atoms with van der Waals surface area (Å²) in [4.78, 5) is 43.6. The largest absolute Gasteiger partial charge is 0.491 e. The standard InChI is InChI=1S/C25H28N4O4S2/c1-16(2)33-20-5-3-19(4-6-20)25(32)29-10-7-18(8-11-29)24-26-21(15-35-24)23(31)28-27-22(30)13-17-9-12-34-14-17/h3-6,9,12,14-16,18H,7-8,10-11,13H2,1-2H3,(H,27,30)(H,28,31). The summed E-state index contributed by atoms with van der Waals surface area (Å²) in [5, 5.41) is 6.38. The Morgan fingerprint density at radius 3 is 2.49 bits per heavy atom. The van der Waals surface area contributed by atoms with Crippen molar-refractivity contribution in [2.45, 2.75) is 45.1 Å². The fourth-order valence-corrected chi connectivity index (χ4v) is 5.49. The SMILES string of the molecule is CC(C)Oc1ccc(C(=O)N2CCC(c3nc(C(=O)NNC(=O)Cc4ccsc4)cs3)CC2)cc1. The van der Waals surface area contributed by atoms with Gasteiger partial charge in [0.1, 0.15) is 11.4 Å². The lowest BCUT2D eigenvalue weighted by Crippen LogP contribution is -2.42. The number of ether oxygens (including phenoxy) is 1. The number of amides is 3. The predicted octanol–water partition coefficient (Wildman–Crippen LogP) is 4.02. The molecular weight excluding hydrogens is 484 g/mol. The summed E-state index contributed by atoms with van der Waals surface area (Å²) < 4.78 is 5.64. The van der Waals surface area contributed by atoms with E-state index in [1.807, 2.05) is 47.7 Å². The molecule has 4 rings (SSSR count). The number of thiazole rings is 1. The van der Waals surface area contributed by atoms with Crippen LogP contribution in [0, 0.1) is 0 Å². The lowest BCUT2D eigenvalue weighted by molar-refractivity contribution is -0.121. The van der Waals surface area contributed by atoms with E-state index in [1.165, 1.54) is 22.7 Å². The lowest BCUT2D eigenvalue weighted by Gasteiger charge is -2.31. The molecule has 1 saturated heterocycles. The van der Waals surface area contributed by atoms with Crippen LogP contribution in [-0.2, 0) is 11.2 Å². The first-order valence-corrected chi connectivity index (χ1v) is 13.3. The van der Waals surface area contributed by atoms with Crippen molar-refractivity contribution in [2.75, 3.05) is 13.1 Å². The topological polar surface area (TPSA) is 101 Å². The number of hydrazine groups is 1. The number of carbonyl (C=O) groups excluding carboxylic acids is 3. The number of thiophene rings is 1. The minimum Gasteiger partial charge on any atom is -0.491 e. The Labute approximate surface area is 212 Å². The number of rotatable bonds is 7. The first-order valence-electron chi connectivity index (χ1n) is 11.5. The number of benzene rings is 1. The van der Waals surface area contributed by atoms with Crippen LogP contribution < -0.4 is 15.6 Å². The van der Waals surface area contributed by atoms with E-state index in [-0.39, 0.29) is 36.0 Å². The summed E-state index contributed by atoms with van der Waals surface area (Å²) >= 11 is 2.95. The molecule has 0 radical (unpaired) electrons. The number of nitrogens with one attached hydrogen (secondary N) is 2. The van der Waals surface area contributed by atoms with Gasteiger partial charge in [0.15, 0.2) is 0 Å². The highest BCUT2D eigenvalue weighted by atomic mass is 32.1. The molecule has 8 nitrogen and oxygen atoms in total. The van der Waals surface area contributed by atoms with Gasteiger partial charge in [-0.3, -0.25) is 25.2 Å². The van der Waals surface area contributed by atoms with E-state index in [4.69, 9.17) is 4.74 Å². The maximum absolute atomic E-state index is 12.9. The first kappa shape index (κ1) is 24.9. The van der Waals surface area contributed by atoms with Crippen LogP contribution in [0.5, 0.6) is 5.75 Å². The Bertz CT molecular complexity index is 1150. The Morgan fingerprint density at radius 2 is 1.83 bits per heavy atom. The molecule has 1 aliphatic rings. The molecule has 0 bridgehead atoms. The molecule has 1 aliphatic heterocycles. The summed E-state index contributed by atoms with van der Waals surface area (Å²) in [5.41, 5.74) is 6.69. The second-order valence-electron chi connectivity index (χ2n) is 8.64. The molecule has 0 unspecified atom stereocenters. The average molecular weight is 513 g/mol. The Kier molecular flexibility index (Phi) is 8.14. The monoisotopic (exact) mass is 512 g/mol. The Hall–Kier alpha value is -3.24. The fourth-order valence-electron chi connectivity index (χ4n) is 3.85. The van der Waals surface area contributed by atoms with Crippen LogP contribution in [0.15, 0.2) is 46.5 Å². The Balaban J connectivity index is 1.25. The summed E-state index contributed by atoms with van der Waals surface area (Å²) in [6.07, 6.45) is 1.86. The van der Waals surface area contributed by atoms with Gasteiger partial charge in [-0.15, -0.1) is 11.3 Å². The maximum Gasteiger partial charge on any atom is 0.289 e. The van der Waals surface area contributed by atoms with Crippen molar-refractivity contribution >= 4 is 40.4 Å². The maximum atomic E-state index is 12.9. The van der Waals surface area contributed by atoms with Crippen molar-refractivity contribution in [1.82, 2.24) is 20.7 Å². The first-order chi connectivity index (χ1) is 16.9. The van der Waals surface area contributed by atoms with Crippen molar-refractivity contribution < 1.29 is 19.1 Å². The van der Waals surface area contributed by atoms with Gasteiger partial charge in [-0.2, -0.15) is 11.3 Å². The van der Waals surface area contributed by atoms with Gasteiger partial charge in [-0.25, -0.2) is 4.98 Å². The van der Waals surface area contributed by atoms with E-state index in [9.17, 15) is 14.4 Å². The molecule has 2 N–H and O–H groups in total. The lowest BCUT2D eigenvalue weighted by atomic mass is 9.97. The van der Waals surface area contributed by atoms with E-state index in [0.29, 0.717) is 18.7 Å². The third-order valence-corrected chi connectivity index (χ3v) is 7.36. The minimum atomic E-state index is -0.441. The molecule has 1 fully saturated rings. The van der Waals surface area contributed by atoms with Gasteiger partial charge in [0.05, 0.1) is 17.5 Å². The second-order valence-corrected chi connectivity index (χ2v) is 10.3. The molecule has 1 aromatic carbocycles. The number of likely N-dealkylation sites (tertiary alicyclic amines) is 1. The van der Waals surface area contributed by atoms with E-state index in [1.54, 1.807) is 17.5 Å². The minimum absolute atomic E-state index is 0.0111. The molecule has 10 heteroatoms. The molecule has 3 heterocycles. The molecule has 184 valence electrons. The fraction of sp³-hybridized carbons (Fsp3) is 0.360. The highest BCUT2D eigenvalue weighted by Gasteiger charge is 2.27. The van der Waals surface area contributed by atoms with E-state index in [0.717, 1.165) is 29.2 Å². The number of piperidine rings is 1. The van der Waals surface area contributed by atoms with Gasteiger partial charge in [-0.05, 0) is 73.3 Å². The van der Waals surface area contributed by atoms with Gasteiger partial charge in [0.2, 0.25) is 5.91 Å². The summed E-state index contributed by atoms with van der Waals surface area (Å²) in [6, 6.07) is 9.13. The van der Waals surface area contributed by atoms with E-state index >= 15 is 0 Å². The third-order valence-electron chi connectivity index (χ3n) is 5.62. The average Bonchev–Trinajstić information content (AvgIpc) is 3.55. The van der Waals surface area contributed by atoms with Crippen LogP contribution in [0.4, 0.5) is 0 Å². The van der Waals surface area contributed by atoms with Crippen molar-refractivity contribution in [3.63, 3.8) is 0 Å². The zero-order valence-corrected chi connectivity index (χ0v) is 21.3. The van der Waals surface area contributed by atoms with Gasteiger partial charge < -0.3 is 9.64 Å². The van der Waals surface area contributed by atoms with Gasteiger partial charge in [0.25, 0.3) is 11.8 Å². The molecule has 0 saturated carbocycles. The zero-order valence-electron chi connectivity index (χ0n) is 19.7. The van der Waals surface area contributed by atoms with Crippen LogP contribution in [0.3, 0.4) is 0 Å². The number of hydrogen-bond donors (Lipinski definition) is 2. The zero-order chi connectivity index (χ0) is 24.8. The van der Waals surface area contributed by atoms with Crippen molar-refractivity contribution in [3.05, 3.63) is 68.3 Å². The van der Waals surface area contributed by atoms with Crippen LogP contribution in [-0.4, -0.2) is 46.8 Å². The molecule has 0 aliphatic carbocycles. The predicted molar refractivity (Wildman–Crippen MR) is 136 cm³/mol. The molecule has 0 spiro atoms. The summed E-state index contributed by atoms with van der Waals surface area (Å²) in [6.45, 7) is 5.19. The normalized spacial score (nSPS) is 14.1. The summed E-state index contributed by atoms with van der Waals surface area (Å²) in [5.74, 6) is 0.230. The quantitative estimate of drug-likeness (QED) is 0.466. The van der Waals surface area contributed by atoms with Gasteiger partial charge >= 0.3 is 0 Å². The van der Waals surface area contributed by atoms with Gasteiger partial charge in [-0.1, -0.05) is 0 Å². The van der Waals surface area contributed by atoms with Gasteiger partial charge in [0, 0.05) is 30.0 Å². The molecule has 3 amide bonds. The molecule has 3 aromatic rings. The number of nitrogens with zero attached hydrogens (tertiary/aromatic N) is 2. The van der Waals surface area contributed by atoms with Crippen LogP contribution >= 0.6 is 22.7 Å². The molecule has 0 atom stereocenters. The summed E-state index contributed by atoms with van der Waals surface area (Å²) in [7, 11) is 0. The molecule has 35 heavy (non-hydrogen) atoms. The van der Waals surface area contributed by atoms with Crippen molar-refractivity contribution in [3.8, 4) is 5.75 Å². The Morgan fingerprint density at radius 1 is 1.09 bits per heavy atom.